The van der Waals surface area contributed by atoms with E-state index in [0.717, 1.165) is 25.1 Å². The Balaban J connectivity index is 2.18. The Labute approximate surface area is 145 Å². The van der Waals surface area contributed by atoms with E-state index in [1.54, 1.807) is 24.3 Å². The normalized spacial score (nSPS) is 18.5. The fraction of sp³-hybridized carbons (Fsp3) is 0.400. The number of rotatable bonds is 4. The van der Waals surface area contributed by atoms with Gasteiger partial charge < -0.3 is 4.90 Å². The first kappa shape index (κ1) is 17.9. The number of alkyl halides is 4. The van der Waals surface area contributed by atoms with Crippen LogP contribution in [0.3, 0.4) is 0 Å². The molecule has 0 N–H and O–H groups in total. The first-order chi connectivity index (χ1) is 11.8. The molecule has 0 aromatic heterocycles. The maximum absolute atomic E-state index is 14.8. The maximum atomic E-state index is 14.8. The summed E-state index contributed by atoms with van der Waals surface area (Å²) in [5, 5.41) is 0. The number of fused-ring (bicyclic) bond motifs is 2. The lowest BCUT2D eigenvalue weighted by molar-refractivity contribution is -0.223. The average molecular weight is 351 g/mol. The van der Waals surface area contributed by atoms with Crippen molar-refractivity contribution in [1.82, 2.24) is 4.90 Å². The van der Waals surface area contributed by atoms with Crippen molar-refractivity contribution in [3.8, 4) is 0 Å². The highest BCUT2D eigenvalue weighted by atomic mass is 19.3. The molecule has 0 aliphatic heterocycles. The van der Waals surface area contributed by atoms with Crippen LogP contribution in [0, 0.1) is 0 Å². The molecular formula is C20H21F4N. The van der Waals surface area contributed by atoms with E-state index in [0.29, 0.717) is 17.5 Å². The highest BCUT2D eigenvalue weighted by Gasteiger charge is 2.61. The van der Waals surface area contributed by atoms with Crippen LogP contribution in [-0.2, 0) is 11.8 Å². The van der Waals surface area contributed by atoms with Gasteiger partial charge in [-0.3, -0.25) is 0 Å². The summed E-state index contributed by atoms with van der Waals surface area (Å²) in [4.78, 5) is 2.00. The van der Waals surface area contributed by atoms with Crippen molar-refractivity contribution in [2.24, 2.45) is 0 Å². The fourth-order valence-corrected chi connectivity index (χ4v) is 3.60. The van der Waals surface area contributed by atoms with Crippen molar-refractivity contribution < 1.29 is 17.6 Å². The first-order valence-electron chi connectivity index (χ1n) is 8.36. The second kappa shape index (κ2) is 6.45. The van der Waals surface area contributed by atoms with E-state index in [4.69, 9.17) is 0 Å². The average Bonchev–Trinajstić information content (AvgIpc) is 2.62. The predicted octanol–water partition coefficient (Wildman–Crippen LogP) is 5.36. The van der Waals surface area contributed by atoms with Gasteiger partial charge in [0, 0.05) is 17.0 Å². The first-order valence-corrected chi connectivity index (χ1v) is 8.36. The number of hydrogen-bond acceptors (Lipinski definition) is 1. The Bertz CT molecular complexity index is 697. The van der Waals surface area contributed by atoms with Crippen molar-refractivity contribution in [3.63, 3.8) is 0 Å². The summed E-state index contributed by atoms with van der Waals surface area (Å²) in [7, 11) is 3.86. The number of halogens is 4. The lowest BCUT2D eigenvalue weighted by atomic mass is 9.84. The highest BCUT2D eigenvalue weighted by Crippen LogP contribution is 2.56. The van der Waals surface area contributed by atoms with Crippen LogP contribution in [0.5, 0.6) is 0 Å². The molecule has 0 fully saturated rings. The SMILES string of the molecule is CN(C)CCCC1c2ccccc2C(F)(F)C(F)(F)c2ccccc21. The van der Waals surface area contributed by atoms with Crippen molar-refractivity contribution in [3.05, 3.63) is 70.8 Å². The lowest BCUT2D eigenvalue weighted by Crippen LogP contribution is -2.35. The topological polar surface area (TPSA) is 3.24 Å². The van der Waals surface area contributed by atoms with Gasteiger partial charge in [0.15, 0.2) is 0 Å². The Hall–Kier alpha value is -1.88. The Morgan fingerprint density at radius 3 is 1.68 bits per heavy atom. The highest BCUT2D eigenvalue weighted by molar-refractivity contribution is 5.49. The van der Waals surface area contributed by atoms with Gasteiger partial charge in [-0.2, -0.15) is 17.6 Å². The molecule has 0 spiro atoms. The fourth-order valence-electron chi connectivity index (χ4n) is 3.60. The van der Waals surface area contributed by atoms with Gasteiger partial charge >= 0.3 is 11.8 Å². The zero-order valence-electron chi connectivity index (χ0n) is 14.3. The molecule has 5 heteroatoms. The van der Waals surface area contributed by atoms with Gasteiger partial charge in [0.05, 0.1) is 0 Å². The van der Waals surface area contributed by atoms with E-state index in [1.165, 1.54) is 12.1 Å². The van der Waals surface area contributed by atoms with Crippen LogP contribution in [0.15, 0.2) is 48.5 Å². The van der Waals surface area contributed by atoms with E-state index in [-0.39, 0.29) is 0 Å². The van der Waals surface area contributed by atoms with Crippen molar-refractivity contribution in [2.45, 2.75) is 30.6 Å². The summed E-state index contributed by atoms with van der Waals surface area (Å²) in [6, 6.07) is 11.5. The standard InChI is InChI=1S/C20H21F4N/c1-25(2)13-7-10-14-15-8-3-5-11-17(15)19(21,22)20(23,24)18-12-6-4-9-16(14)18/h3-6,8-9,11-12,14H,7,10,13H2,1-2H3. The minimum atomic E-state index is -4.24. The summed E-state index contributed by atoms with van der Waals surface area (Å²) in [5.41, 5.74) is -0.524. The largest absolute Gasteiger partial charge is 0.340 e. The summed E-state index contributed by atoms with van der Waals surface area (Å²) in [5.74, 6) is -8.95. The van der Waals surface area contributed by atoms with E-state index in [2.05, 4.69) is 0 Å². The van der Waals surface area contributed by atoms with Crippen LogP contribution in [-0.4, -0.2) is 25.5 Å². The summed E-state index contributed by atoms with van der Waals surface area (Å²) in [6.45, 7) is 0.771. The Kier molecular flexibility index (Phi) is 4.62. The van der Waals surface area contributed by atoms with Gasteiger partial charge in [-0.1, -0.05) is 48.5 Å². The van der Waals surface area contributed by atoms with Gasteiger partial charge in [0.25, 0.3) is 0 Å². The van der Waals surface area contributed by atoms with E-state index < -0.39 is 28.9 Å². The molecule has 2 aromatic rings. The van der Waals surface area contributed by atoms with Gasteiger partial charge in [0.1, 0.15) is 0 Å². The minimum Gasteiger partial charge on any atom is -0.309 e. The van der Waals surface area contributed by atoms with Crippen molar-refractivity contribution in [1.29, 1.82) is 0 Å². The molecule has 1 aliphatic rings. The molecule has 2 aromatic carbocycles. The van der Waals surface area contributed by atoms with Crippen LogP contribution >= 0.6 is 0 Å². The second-order valence-electron chi connectivity index (χ2n) is 6.82. The molecule has 0 saturated carbocycles. The van der Waals surface area contributed by atoms with Gasteiger partial charge in [-0.25, -0.2) is 0 Å². The number of benzene rings is 2. The van der Waals surface area contributed by atoms with E-state index in [9.17, 15) is 17.6 Å². The van der Waals surface area contributed by atoms with Gasteiger partial charge in [-0.15, -0.1) is 0 Å². The van der Waals surface area contributed by atoms with Crippen molar-refractivity contribution in [2.75, 3.05) is 20.6 Å². The van der Waals surface area contributed by atoms with Crippen LogP contribution in [0.4, 0.5) is 17.6 Å². The third-order valence-electron chi connectivity index (χ3n) is 4.84. The molecule has 0 saturated heterocycles. The van der Waals surface area contributed by atoms with Crippen LogP contribution in [0.2, 0.25) is 0 Å². The summed E-state index contributed by atoms with van der Waals surface area (Å²) in [6.07, 6.45) is 1.27. The molecule has 134 valence electrons. The molecule has 0 bridgehead atoms. The van der Waals surface area contributed by atoms with Crippen LogP contribution in [0.25, 0.3) is 0 Å². The summed E-state index contributed by atoms with van der Waals surface area (Å²) < 4.78 is 59.1. The zero-order valence-corrected chi connectivity index (χ0v) is 14.3. The summed E-state index contributed by atoms with van der Waals surface area (Å²) >= 11 is 0. The molecule has 0 heterocycles. The molecule has 0 amide bonds. The third-order valence-corrected chi connectivity index (χ3v) is 4.84. The molecule has 0 radical (unpaired) electrons. The maximum Gasteiger partial charge on any atom is 0.340 e. The molecule has 0 unspecified atom stereocenters. The number of nitrogens with zero attached hydrogens (tertiary/aromatic N) is 1. The smallest absolute Gasteiger partial charge is 0.309 e. The molecule has 1 nitrogen and oxygen atoms in total. The Morgan fingerprint density at radius 2 is 1.24 bits per heavy atom. The van der Waals surface area contributed by atoms with E-state index >= 15 is 0 Å². The van der Waals surface area contributed by atoms with Gasteiger partial charge in [-0.05, 0) is 44.6 Å². The lowest BCUT2D eigenvalue weighted by Gasteiger charge is -2.26. The van der Waals surface area contributed by atoms with Crippen molar-refractivity contribution >= 4 is 0 Å². The second-order valence-corrected chi connectivity index (χ2v) is 6.82. The zero-order chi connectivity index (χ0) is 18.2. The Morgan fingerprint density at radius 1 is 0.800 bits per heavy atom. The molecule has 3 rings (SSSR count). The van der Waals surface area contributed by atoms with Gasteiger partial charge in [0.2, 0.25) is 0 Å². The van der Waals surface area contributed by atoms with E-state index in [1.807, 2.05) is 19.0 Å². The monoisotopic (exact) mass is 351 g/mol. The molecule has 0 atom stereocenters. The number of hydrogen-bond donors (Lipinski definition) is 0. The molecule has 1 aliphatic carbocycles. The third kappa shape index (κ3) is 2.95. The van der Waals surface area contributed by atoms with Crippen LogP contribution < -0.4 is 0 Å². The minimum absolute atomic E-state index is 0.302. The predicted molar refractivity (Wildman–Crippen MR) is 90.3 cm³/mol. The quantitative estimate of drug-likeness (QED) is 0.671. The molecule has 25 heavy (non-hydrogen) atoms. The molecular weight excluding hydrogens is 330 g/mol. The van der Waals surface area contributed by atoms with Crippen LogP contribution in [0.1, 0.15) is 41.0 Å².